The van der Waals surface area contributed by atoms with Crippen molar-refractivity contribution >= 4 is 29.6 Å². The summed E-state index contributed by atoms with van der Waals surface area (Å²) in [5, 5.41) is 8.87. The molecule has 3 amide bonds. The molecule has 10 heteroatoms. The van der Waals surface area contributed by atoms with E-state index in [1.54, 1.807) is 55.6 Å². The number of rotatable bonds is 9. The quantitative estimate of drug-likeness (QED) is 0.248. The number of carbonyl (C=O) groups excluding carboxylic acids is 3. The van der Waals surface area contributed by atoms with Crippen LogP contribution in [0.3, 0.4) is 0 Å². The maximum absolute atomic E-state index is 13.0. The Labute approximate surface area is 200 Å². The number of ether oxygens (including phenoxy) is 2. The molecule has 0 saturated heterocycles. The van der Waals surface area contributed by atoms with Gasteiger partial charge in [0.2, 0.25) is 0 Å². The first-order chi connectivity index (χ1) is 16.9. The molecule has 0 aliphatic carbocycles. The first-order valence-corrected chi connectivity index (χ1v) is 10.5. The summed E-state index contributed by atoms with van der Waals surface area (Å²) in [6, 6.07) is 19.1. The van der Waals surface area contributed by atoms with E-state index in [1.165, 1.54) is 30.5 Å². The minimum absolute atomic E-state index is 0.163. The minimum atomic E-state index is -0.938. The fourth-order valence-corrected chi connectivity index (χ4v) is 2.81. The van der Waals surface area contributed by atoms with Gasteiger partial charge in [-0.3, -0.25) is 14.4 Å². The fraction of sp³-hybridized carbons (Fsp3) is 0.120. The highest BCUT2D eigenvalue weighted by Crippen LogP contribution is 2.16. The van der Waals surface area contributed by atoms with Gasteiger partial charge in [-0.1, -0.05) is 24.3 Å². The third kappa shape index (κ3) is 7.97. The summed E-state index contributed by atoms with van der Waals surface area (Å²) >= 11 is 0. The predicted molar refractivity (Wildman–Crippen MR) is 128 cm³/mol. The van der Waals surface area contributed by atoms with Gasteiger partial charge in [0.25, 0.3) is 5.91 Å². The highest BCUT2D eigenvalue weighted by atomic mass is 19.1. The molecule has 3 N–H and O–H groups in total. The van der Waals surface area contributed by atoms with E-state index in [1.807, 2.05) is 0 Å². The normalized spacial score (nSPS) is 10.5. The van der Waals surface area contributed by atoms with Crippen molar-refractivity contribution in [2.75, 3.05) is 19.0 Å². The van der Waals surface area contributed by atoms with E-state index in [4.69, 9.17) is 9.47 Å². The average Bonchev–Trinajstić information content (AvgIpc) is 2.88. The van der Waals surface area contributed by atoms with Crippen LogP contribution in [0.25, 0.3) is 0 Å². The number of methoxy groups -OCH3 is 1. The van der Waals surface area contributed by atoms with E-state index in [0.29, 0.717) is 22.7 Å². The van der Waals surface area contributed by atoms with Gasteiger partial charge >= 0.3 is 11.8 Å². The van der Waals surface area contributed by atoms with Crippen LogP contribution in [0.5, 0.6) is 11.5 Å². The predicted octanol–water partition coefficient (Wildman–Crippen LogP) is 2.62. The Morgan fingerprint density at radius 1 is 0.943 bits per heavy atom. The number of hydrogen-bond acceptors (Lipinski definition) is 6. The first kappa shape index (κ1) is 24.9. The van der Waals surface area contributed by atoms with E-state index in [0.717, 1.165) is 5.56 Å². The molecular weight excluding hydrogens is 455 g/mol. The topological polar surface area (TPSA) is 118 Å². The lowest BCUT2D eigenvalue weighted by Gasteiger charge is -2.09. The second kappa shape index (κ2) is 12.5. The van der Waals surface area contributed by atoms with Gasteiger partial charge in [0.05, 0.1) is 13.3 Å². The van der Waals surface area contributed by atoms with Gasteiger partial charge in [0.15, 0.2) is 6.61 Å². The second-order valence-electron chi connectivity index (χ2n) is 7.11. The summed E-state index contributed by atoms with van der Waals surface area (Å²) in [5.74, 6) is -1.61. The zero-order valence-corrected chi connectivity index (χ0v) is 18.8. The van der Waals surface area contributed by atoms with Gasteiger partial charge in [-0.2, -0.15) is 5.10 Å². The molecular formula is C25H23FN4O5. The second-order valence-corrected chi connectivity index (χ2v) is 7.11. The van der Waals surface area contributed by atoms with Crippen LogP contribution in [0.2, 0.25) is 0 Å². The third-order valence-electron chi connectivity index (χ3n) is 4.59. The van der Waals surface area contributed by atoms with Crippen LogP contribution in [0.15, 0.2) is 77.9 Å². The Hall–Kier alpha value is -4.73. The highest BCUT2D eigenvalue weighted by molar-refractivity contribution is 6.35. The molecule has 3 aromatic carbocycles. The summed E-state index contributed by atoms with van der Waals surface area (Å²) in [7, 11) is 1.55. The maximum Gasteiger partial charge on any atom is 0.329 e. The summed E-state index contributed by atoms with van der Waals surface area (Å²) in [5.41, 5.74) is 3.85. The van der Waals surface area contributed by atoms with E-state index in [2.05, 4.69) is 21.2 Å². The molecule has 9 nitrogen and oxygen atoms in total. The number of nitrogens with zero attached hydrogens (tertiary/aromatic N) is 1. The van der Waals surface area contributed by atoms with E-state index < -0.39 is 23.5 Å². The van der Waals surface area contributed by atoms with Crippen molar-refractivity contribution < 1.29 is 28.2 Å². The molecule has 0 heterocycles. The number of amides is 3. The van der Waals surface area contributed by atoms with Gasteiger partial charge in [-0.15, -0.1) is 0 Å². The zero-order valence-electron chi connectivity index (χ0n) is 18.8. The Kier molecular flexibility index (Phi) is 8.89. The monoisotopic (exact) mass is 478 g/mol. The van der Waals surface area contributed by atoms with Crippen molar-refractivity contribution in [2.45, 2.75) is 6.54 Å². The molecule has 0 aliphatic rings. The van der Waals surface area contributed by atoms with Crippen molar-refractivity contribution in [1.82, 2.24) is 10.7 Å². The highest BCUT2D eigenvalue weighted by Gasteiger charge is 2.12. The number of hydrazone groups is 1. The lowest BCUT2D eigenvalue weighted by atomic mass is 10.2. The minimum Gasteiger partial charge on any atom is -0.497 e. The first-order valence-electron chi connectivity index (χ1n) is 10.5. The molecule has 0 aromatic heterocycles. The van der Waals surface area contributed by atoms with Gasteiger partial charge < -0.3 is 20.1 Å². The summed E-state index contributed by atoms with van der Waals surface area (Å²) in [6.07, 6.45) is 1.29. The van der Waals surface area contributed by atoms with E-state index in [9.17, 15) is 18.8 Å². The van der Waals surface area contributed by atoms with Crippen molar-refractivity contribution in [3.8, 4) is 11.5 Å². The molecule has 0 saturated carbocycles. The van der Waals surface area contributed by atoms with Gasteiger partial charge in [0, 0.05) is 17.8 Å². The van der Waals surface area contributed by atoms with Crippen LogP contribution in [-0.2, 0) is 20.9 Å². The molecule has 0 fully saturated rings. The Morgan fingerprint density at radius 2 is 1.66 bits per heavy atom. The van der Waals surface area contributed by atoms with Gasteiger partial charge in [-0.25, -0.2) is 9.82 Å². The summed E-state index contributed by atoms with van der Waals surface area (Å²) in [6.45, 7) is -0.140. The number of anilines is 1. The molecule has 35 heavy (non-hydrogen) atoms. The number of nitrogens with one attached hydrogen (secondary N) is 3. The molecule has 0 radical (unpaired) electrons. The molecule has 0 atom stereocenters. The third-order valence-corrected chi connectivity index (χ3v) is 4.59. The van der Waals surface area contributed by atoms with Crippen molar-refractivity contribution in [1.29, 1.82) is 0 Å². The van der Waals surface area contributed by atoms with Crippen LogP contribution < -0.4 is 25.5 Å². The number of halogens is 1. The number of carbonyl (C=O) groups is 3. The number of para-hydroxylation sites is 1. The SMILES string of the molecule is COc1ccc(CNC(=O)C(=O)N/N=C\c2ccccc2OCC(=O)Nc2ccc(F)cc2)cc1. The molecule has 3 aromatic rings. The zero-order chi connectivity index (χ0) is 25.0. The maximum atomic E-state index is 13.0. The molecule has 0 bridgehead atoms. The van der Waals surface area contributed by atoms with Crippen LogP contribution in [0.1, 0.15) is 11.1 Å². The summed E-state index contributed by atoms with van der Waals surface area (Å²) in [4.78, 5) is 36.1. The largest absolute Gasteiger partial charge is 0.497 e. The standard InChI is InChI=1S/C25H23FN4O5/c1-34-21-12-6-17(7-13-21)14-27-24(32)25(33)30-28-15-18-4-2-3-5-22(18)35-16-23(31)29-20-10-8-19(26)9-11-20/h2-13,15H,14,16H2,1H3,(H,27,32)(H,29,31)(H,30,33)/b28-15-. The van der Waals surface area contributed by atoms with Crippen molar-refractivity contribution in [3.05, 3.63) is 89.7 Å². The lowest BCUT2D eigenvalue weighted by Crippen LogP contribution is -2.37. The molecule has 0 unspecified atom stereocenters. The smallest absolute Gasteiger partial charge is 0.329 e. The number of benzene rings is 3. The fourth-order valence-electron chi connectivity index (χ4n) is 2.81. The van der Waals surface area contributed by atoms with Crippen molar-refractivity contribution in [2.24, 2.45) is 5.10 Å². The molecule has 0 aliphatic heterocycles. The molecule has 180 valence electrons. The number of hydrogen-bond donors (Lipinski definition) is 3. The van der Waals surface area contributed by atoms with Gasteiger partial charge in [0.1, 0.15) is 17.3 Å². The van der Waals surface area contributed by atoms with Crippen molar-refractivity contribution in [3.63, 3.8) is 0 Å². The molecule has 0 spiro atoms. The Morgan fingerprint density at radius 3 is 2.37 bits per heavy atom. The average molecular weight is 478 g/mol. The van der Waals surface area contributed by atoms with E-state index >= 15 is 0 Å². The summed E-state index contributed by atoms with van der Waals surface area (Å²) < 4.78 is 23.6. The lowest BCUT2D eigenvalue weighted by molar-refractivity contribution is -0.139. The Balaban J connectivity index is 1.47. The van der Waals surface area contributed by atoms with Crippen LogP contribution in [0, 0.1) is 5.82 Å². The molecule has 3 rings (SSSR count). The van der Waals surface area contributed by atoms with Gasteiger partial charge in [-0.05, 0) is 54.1 Å². The van der Waals surface area contributed by atoms with E-state index in [-0.39, 0.29) is 13.2 Å². The Bertz CT molecular complexity index is 1200. The van der Waals surface area contributed by atoms with Crippen LogP contribution in [-0.4, -0.2) is 37.7 Å². The van der Waals surface area contributed by atoms with Crippen LogP contribution in [0.4, 0.5) is 10.1 Å². The van der Waals surface area contributed by atoms with Crippen LogP contribution >= 0.6 is 0 Å².